The van der Waals surface area contributed by atoms with Crippen molar-refractivity contribution in [1.29, 1.82) is 0 Å². The van der Waals surface area contributed by atoms with Gasteiger partial charge in [0.1, 0.15) is 0 Å². The second kappa shape index (κ2) is 7.20. The van der Waals surface area contributed by atoms with E-state index in [9.17, 15) is 5.11 Å². The lowest BCUT2D eigenvalue weighted by atomic mass is 9.96. The van der Waals surface area contributed by atoms with Gasteiger partial charge in [0.05, 0.1) is 11.8 Å². The van der Waals surface area contributed by atoms with Crippen LogP contribution in [0.2, 0.25) is 0 Å². The molecule has 122 valence electrons. The molecule has 0 fully saturated rings. The van der Waals surface area contributed by atoms with Crippen molar-refractivity contribution in [2.45, 2.75) is 59.6 Å². The summed E-state index contributed by atoms with van der Waals surface area (Å²) in [5.74, 6) is 0.357. The SMILES string of the molecule is CCC(CC)C(O)CNC(C)c1cnc2cc(C)nn2c1C. The number of fused-ring (bicyclic) bond motifs is 1. The zero-order valence-electron chi connectivity index (χ0n) is 14.3. The van der Waals surface area contributed by atoms with E-state index in [-0.39, 0.29) is 12.1 Å². The average molecular weight is 304 g/mol. The molecule has 2 atom stereocenters. The first-order chi connectivity index (χ1) is 10.5. The van der Waals surface area contributed by atoms with E-state index in [2.05, 4.69) is 43.1 Å². The van der Waals surface area contributed by atoms with Gasteiger partial charge in [-0.05, 0) is 26.7 Å². The maximum absolute atomic E-state index is 10.3. The Morgan fingerprint density at radius 3 is 2.59 bits per heavy atom. The third-order valence-corrected chi connectivity index (χ3v) is 4.58. The summed E-state index contributed by atoms with van der Waals surface area (Å²) in [5.41, 5.74) is 4.06. The molecule has 0 aromatic carbocycles. The van der Waals surface area contributed by atoms with Gasteiger partial charge in [0.15, 0.2) is 5.65 Å². The van der Waals surface area contributed by atoms with E-state index in [1.54, 1.807) is 0 Å². The fourth-order valence-corrected chi connectivity index (χ4v) is 3.01. The summed E-state index contributed by atoms with van der Waals surface area (Å²) in [6.45, 7) is 11.0. The number of nitrogens with one attached hydrogen (secondary N) is 1. The van der Waals surface area contributed by atoms with Gasteiger partial charge < -0.3 is 10.4 Å². The van der Waals surface area contributed by atoms with E-state index < -0.39 is 0 Å². The van der Waals surface area contributed by atoms with Crippen LogP contribution in [-0.4, -0.2) is 32.4 Å². The molecule has 2 aromatic rings. The molecule has 2 unspecified atom stereocenters. The number of aromatic nitrogens is 3. The minimum Gasteiger partial charge on any atom is -0.392 e. The molecule has 0 saturated heterocycles. The molecule has 0 saturated carbocycles. The van der Waals surface area contributed by atoms with E-state index in [0.29, 0.717) is 12.5 Å². The van der Waals surface area contributed by atoms with Crippen molar-refractivity contribution in [3.63, 3.8) is 0 Å². The molecule has 0 spiro atoms. The topological polar surface area (TPSA) is 62.5 Å². The largest absolute Gasteiger partial charge is 0.392 e. The quantitative estimate of drug-likeness (QED) is 0.825. The summed E-state index contributed by atoms with van der Waals surface area (Å²) >= 11 is 0. The smallest absolute Gasteiger partial charge is 0.155 e. The van der Waals surface area contributed by atoms with Gasteiger partial charge in [-0.25, -0.2) is 9.50 Å². The zero-order chi connectivity index (χ0) is 16.3. The van der Waals surface area contributed by atoms with Crippen LogP contribution < -0.4 is 5.32 Å². The van der Waals surface area contributed by atoms with E-state index in [1.165, 1.54) is 0 Å². The summed E-state index contributed by atoms with van der Waals surface area (Å²) in [6.07, 6.45) is 3.62. The van der Waals surface area contributed by atoms with Gasteiger partial charge in [-0.15, -0.1) is 0 Å². The molecule has 2 heterocycles. The van der Waals surface area contributed by atoms with Gasteiger partial charge in [-0.1, -0.05) is 26.7 Å². The first kappa shape index (κ1) is 16.9. The number of nitrogens with zero attached hydrogens (tertiary/aromatic N) is 3. The van der Waals surface area contributed by atoms with Gasteiger partial charge in [-0.2, -0.15) is 5.10 Å². The molecular weight excluding hydrogens is 276 g/mol. The minimum atomic E-state index is -0.304. The second-order valence-electron chi connectivity index (χ2n) is 6.13. The molecule has 2 rings (SSSR count). The van der Waals surface area contributed by atoms with Crippen LogP contribution >= 0.6 is 0 Å². The van der Waals surface area contributed by atoms with Gasteiger partial charge in [0.2, 0.25) is 0 Å². The van der Waals surface area contributed by atoms with Crippen LogP contribution in [-0.2, 0) is 0 Å². The maximum atomic E-state index is 10.3. The van der Waals surface area contributed by atoms with E-state index in [4.69, 9.17) is 0 Å². The molecule has 0 aliphatic rings. The molecule has 5 heteroatoms. The monoisotopic (exact) mass is 304 g/mol. The van der Waals surface area contributed by atoms with Crippen molar-refractivity contribution in [2.24, 2.45) is 5.92 Å². The van der Waals surface area contributed by atoms with Crippen LogP contribution in [0.1, 0.15) is 56.6 Å². The standard InChI is InChI=1S/C17H28N4O/c1-6-14(7-2)16(22)10-18-12(4)15-9-19-17-8-11(3)20-21(17)13(15)5/h8-9,12,14,16,18,22H,6-7,10H2,1-5H3. The lowest BCUT2D eigenvalue weighted by Gasteiger charge is -2.23. The Morgan fingerprint density at radius 1 is 1.27 bits per heavy atom. The highest BCUT2D eigenvalue weighted by atomic mass is 16.3. The molecule has 22 heavy (non-hydrogen) atoms. The van der Waals surface area contributed by atoms with Crippen molar-refractivity contribution in [2.75, 3.05) is 6.54 Å². The molecule has 5 nitrogen and oxygen atoms in total. The minimum absolute atomic E-state index is 0.130. The van der Waals surface area contributed by atoms with Gasteiger partial charge in [-0.3, -0.25) is 0 Å². The van der Waals surface area contributed by atoms with Gasteiger partial charge >= 0.3 is 0 Å². The number of hydrogen-bond acceptors (Lipinski definition) is 4. The number of hydrogen-bond donors (Lipinski definition) is 2. The highest BCUT2D eigenvalue weighted by molar-refractivity contribution is 5.42. The van der Waals surface area contributed by atoms with Crippen LogP contribution in [0.15, 0.2) is 12.3 Å². The maximum Gasteiger partial charge on any atom is 0.155 e. The van der Waals surface area contributed by atoms with Crippen molar-refractivity contribution in [1.82, 2.24) is 19.9 Å². The van der Waals surface area contributed by atoms with Crippen LogP contribution in [0.5, 0.6) is 0 Å². The molecular formula is C17H28N4O. The van der Waals surface area contributed by atoms with Crippen LogP contribution in [0.3, 0.4) is 0 Å². The Kier molecular flexibility index (Phi) is 5.53. The third-order valence-electron chi connectivity index (χ3n) is 4.58. The van der Waals surface area contributed by atoms with Crippen LogP contribution in [0.4, 0.5) is 0 Å². The molecule has 0 bridgehead atoms. The lowest BCUT2D eigenvalue weighted by Crippen LogP contribution is -2.34. The molecule has 0 amide bonds. The van der Waals surface area contributed by atoms with Crippen LogP contribution in [0.25, 0.3) is 5.65 Å². The van der Waals surface area contributed by atoms with Crippen molar-refractivity contribution >= 4 is 5.65 Å². The Labute approximate surface area is 132 Å². The summed E-state index contributed by atoms with van der Waals surface area (Å²) in [4.78, 5) is 4.48. The fourth-order valence-electron chi connectivity index (χ4n) is 3.01. The summed E-state index contributed by atoms with van der Waals surface area (Å²) < 4.78 is 1.89. The zero-order valence-corrected chi connectivity index (χ0v) is 14.3. The Balaban J connectivity index is 2.09. The van der Waals surface area contributed by atoms with E-state index >= 15 is 0 Å². The summed E-state index contributed by atoms with van der Waals surface area (Å²) in [7, 11) is 0. The highest BCUT2D eigenvalue weighted by Gasteiger charge is 2.18. The molecule has 2 N–H and O–H groups in total. The van der Waals surface area contributed by atoms with Gasteiger partial charge in [0.25, 0.3) is 0 Å². The van der Waals surface area contributed by atoms with Crippen molar-refractivity contribution < 1.29 is 5.11 Å². The average Bonchev–Trinajstić information content (AvgIpc) is 2.88. The molecule has 0 aliphatic carbocycles. The van der Waals surface area contributed by atoms with Crippen molar-refractivity contribution in [3.8, 4) is 0 Å². The normalized spacial score (nSPS) is 14.7. The predicted octanol–water partition coefficient (Wildman–Crippen LogP) is 2.79. The Morgan fingerprint density at radius 2 is 1.95 bits per heavy atom. The number of rotatable bonds is 7. The Hall–Kier alpha value is -1.46. The first-order valence-electron chi connectivity index (χ1n) is 8.21. The first-order valence-corrected chi connectivity index (χ1v) is 8.21. The molecule has 0 radical (unpaired) electrons. The molecule has 2 aromatic heterocycles. The number of aryl methyl sites for hydroxylation is 2. The number of aliphatic hydroxyl groups excluding tert-OH is 1. The third kappa shape index (κ3) is 3.47. The summed E-state index contributed by atoms with van der Waals surface area (Å²) in [5, 5.41) is 18.2. The second-order valence-corrected chi connectivity index (χ2v) is 6.13. The lowest BCUT2D eigenvalue weighted by molar-refractivity contribution is 0.0988. The van der Waals surface area contributed by atoms with Gasteiger partial charge in [0, 0.05) is 36.1 Å². The fraction of sp³-hybridized carbons (Fsp3) is 0.647. The van der Waals surface area contributed by atoms with E-state index in [0.717, 1.165) is 35.4 Å². The molecule has 0 aliphatic heterocycles. The van der Waals surface area contributed by atoms with E-state index in [1.807, 2.05) is 23.7 Å². The number of aliphatic hydroxyl groups is 1. The summed E-state index contributed by atoms with van der Waals surface area (Å²) in [6, 6.07) is 2.11. The Bertz CT molecular complexity index is 618. The van der Waals surface area contributed by atoms with Crippen molar-refractivity contribution in [3.05, 3.63) is 29.2 Å². The highest BCUT2D eigenvalue weighted by Crippen LogP contribution is 2.19. The predicted molar refractivity (Wildman–Crippen MR) is 89.0 cm³/mol. The van der Waals surface area contributed by atoms with Crippen LogP contribution in [0, 0.1) is 19.8 Å².